The molecule has 90 valence electrons. The van der Waals surface area contributed by atoms with E-state index in [1.54, 1.807) is 18.2 Å². The van der Waals surface area contributed by atoms with Crippen LogP contribution in [0.3, 0.4) is 0 Å². The van der Waals surface area contributed by atoms with Crippen molar-refractivity contribution in [1.29, 1.82) is 5.26 Å². The fraction of sp³-hybridized carbons (Fsp3) is 0. The summed E-state index contributed by atoms with van der Waals surface area (Å²) >= 11 is 8.87. The van der Waals surface area contributed by atoms with Crippen molar-refractivity contribution in [2.45, 2.75) is 0 Å². The van der Waals surface area contributed by atoms with Gasteiger partial charge in [-0.2, -0.15) is 5.26 Å². The van der Waals surface area contributed by atoms with E-state index in [2.05, 4.69) is 26.2 Å². The number of anilines is 2. The number of nitrogens with zero attached hydrogens (tertiary/aromatic N) is 2. The Hall–Kier alpha value is -1.64. The smallest absolute Gasteiger partial charge is 0.167 e. The van der Waals surface area contributed by atoms with Crippen LogP contribution < -0.4 is 5.32 Å². The van der Waals surface area contributed by atoms with Gasteiger partial charge in [0.25, 0.3) is 0 Å². The van der Waals surface area contributed by atoms with Crippen LogP contribution in [0.2, 0.25) is 5.02 Å². The summed E-state index contributed by atoms with van der Waals surface area (Å²) in [4.78, 5) is 3.83. The predicted molar refractivity (Wildman–Crippen MR) is 71.3 cm³/mol. The Morgan fingerprint density at radius 2 is 2.17 bits per heavy atom. The van der Waals surface area contributed by atoms with Crippen LogP contribution in [0.5, 0.6) is 0 Å². The molecule has 0 saturated heterocycles. The van der Waals surface area contributed by atoms with E-state index in [0.717, 1.165) is 10.5 Å². The van der Waals surface area contributed by atoms with Crippen molar-refractivity contribution >= 4 is 39.0 Å². The highest BCUT2D eigenvalue weighted by Crippen LogP contribution is 2.25. The number of nitrogens with one attached hydrogen (secondary N) is 1. The monoisotopic (exact) mass is 325 g/mol. The summed E-state index contributed by atoms with van der Waals surface area (Å²) in [6.45, 7) is 0. The summed E-state index contributed by atoms with van der Waals surface area (Å²) in [5, 5.41) is 12.0. The average molecular weight is 327 g/mol. The van der Waals surface area contributed by atoms with Crippen LogP contribution in [0, 0.1) is 17.1 Å². The Balaban J connectivity index is 2.37. The quantitative estimate of drug-likeness (QED) is 0.897. The summed E-state index contributed by atoms with van der Waals surface area (Å²) in [6.07, 6.45) is 1.33. The van der Waals surface area contributed by atoms with Gasteiger partial charge in [0, 0.05) is 10.7 Å². The van der Waals surface area contributed by atoms with E-state index in [-0.39, 0.29) is 10.8 Å². The van der Waals surface area contributed by atoms with Crippen LogP contribution in [-0.4, -0.2) is 4.98 Å². The molecule has 0 bridgehead atoms. The molecule has 2 aromatic rings. The van der Waals surface area contributed by atoms with Crippen molar-refractivity contribution in [3.8, 4) is 6.07 Å². The molecule has 1 aromatic carbocycles. The van der Waals surface area contributed by atoms with Gasteiger partial charge in [-0.05, 0) is 24.3 Å². The average Bonchev–Trinajstić information content (AvgIpc) is 2.34. The molecule has 18 heavy (non-hydrogen) atoms. The van der Waals surface area contributed by atoms with Gasteiger partial charge in [0.05, 0.1) is 16.3 Å². The lowest BCUT2D eigenvalue weighted by atomic mass is 10.2. The van der Waals surface area contributed by atoms with E-state index >= 15 is 0 Å². The van der Waals surface area contributed by atoms with Crippen LogP contribution in [0.15, 0.2) is 34.9 Å². The minimum Gasteiger partial charge on any atom is -0.337 e. The summed E-state index contributed by atoms with van der Waals surface area (Å²) in [5.74, 6) is -0.549. The first-order valence-electron chi connectivity index (χ1n) is 4.88. The lowest BCUT2D eigenvalue weighted by molar-refractivity contribution is 0.626. The molecule has 1 heterocycles. The first kappa shape index (κ1) is 12.8. The molecule has 3 nitrogen and oxygen atoms in total. The van der Waals surface area contributed by atoms with Crippen LogP contribution >= 0.6 is 27.5 Å². The van der Waals surface area contributed by atoms with Gasteiger partial charge in [-0.3, -0.25) is 0 Å². The Morgan fingerprint density at radius 1 is 1.39 bits per heavy atom. The maximum Gasteiger partial charge on any atom is 0.167 e. The molecule has 0 amide bonds. The Kier molecular flexibility index (Phi) is 3.80. The van der Waals surface area contributed by atoms with E-state index in [4.69, 9.17) is 16.9 Å². The molecular weight excluding hydrogens is 321 g/mol. The van der Waals surface area contributed by atoms with Crippen molar-refractivity contribution in [1.82, 2.24) is 4.98 Å². The van der Waals surface area contributed by atoms with Crippen molar-refractivity contribution in [3.63, 3.8) is 0 Å². The summed E-state index contributed by atoms with van der Waals surface area (Å²) in [5.41, 5.74) is 0.870. The number of rotatable bonds is 2. The third-order valence-corrected chi connectivity index (χ3v) is 2.86. The van der Waals surface area contributed by atoms with Crippen molar-refractivity contribution in [2.24, 2.45) is 0 Å². The summed E-state index contributed by atoms with van der Waals surface area (Å²) < 4.78 is 14.3. The van der Waals surface area contributed by atoms with Gasteiger partial charge in [-0.15, -0.1) is 0 Å². The van der Waals surface area contributed by atoms with Gasteiger partial charge in [0.2, 0.25) is 0 Å². The summed E-state index contributed by atoms with van der Waals surface area (Å²) in [6, 6.07) is 8.22. The SMILES string of the molecule is N#Cc1cc(Br)ccc1Nc1ncc(Cl)cc1F. The molecule has 0 fully saturated rings. The zero-order chi connectivity index (χ0) is 13.1. The number of aromatic nitrogens is 1. The Bertz CT molecular complexity index is 640. The molecule has 0 aliphatic rings. The highest BCUT2D eigenvalue weighted by molar-refractivity contribution is 9.10. The van der Waals surface area contributed by atoms with E-state index in [1.807, 2.05) is 6.07 Å². The molecule has 6 heteroatoms. The van der Waals surface area contributed by atoms with Gasteiger partial charge in [0.1, 0.15) is 6.07 Å². The highest BCUT2D eigenvalue weighted by Gasteiger charge is 2.08. The van der Waals surface area contributed by atoms with E-state index in [1.165, 1.54) is 6.20 Å². The Morgan fingerprint density at radius 3 is 2.83 bits per heavy atom. The van der Waals surface area contributed by atoms with Crippen molar-refractivity contribution < 1.29 is 4.39 Å². The van der Waals surface area contributed by atoms with E-state index < -0.39 is 5.82 Å². The molecule has 1 N–H and O–H groups in total. The number of benzene rings is 1. The molecule has 0 aliphatic carbocycles. The first-order chi connectivity index (χ1) is 8.60. The molecule has 0 atom stereocenters. The predicted octanol–water partition coefficient (Wildman–Crippen LogP) is 4.25. The van der Waals surface area contributed by atoms with Crippen LogP contribution in [-0.2, 0) is 0 Å². The lowest BCUT2D eigenvalue weighted by Crippen LogP contribution is -1.98. The van der Waals surface area contributed by atoms with Crippen molar-refractivity contribution in [3.05, 3.63) is 51.3 Å². The second kappa shape index (κ2) is 5.34. The minimum atomic E-state index is -0.575. The van der Waals surface area contributed by atoms with Gasteiger partial charge in [0.15, 0.2) is 11.6 Å². The molecule has 0 spiro atoms. The molecular formula is C12H6BrClFN3. The van der Waals surface area contributed by atoms with E-state index in [0.29, 0.717) is 11.3 Å². The first-order valence-corrected chi connectivity index (χ1v) is 6.05. The van der Waals surface area contributed by atoms with Gasteiger partial charge in [-0.25, -0.2) is 9.37 Å². The zero-order valence-electron chi connectivity index (χ0n) is 8.92. The van der Waals surface area contributed by atoms with Gasteiger partial charge < -0.3 is 5.32 Å². The van der Waals surface area contributed by atoms with E-state index in [9.17, 15) is 4.39 Å². The number of hydrogen-bond donors (Lipinski definition) is 1. The van der Waals surface area contributed by atoms with Crippen molar-refractivity contribution in [2.75, 3.05) is 5.32 Å². The van der Waals surface area contributed by atoms with Crippen LogP contribution in [0.4, 0.5) is 15.9 Å². The maximum atomic E-state index is 13.5. The zero-order valence-corrected chi connectivity index (χ0v) is 11.3. The maximum absolute atomic E-state index is 13.5. The third-order valence-electron chi connectivity index (χ3n) is 2.16. The largest absolute Gasteiger partial charge is 0.337 e. The molecule has 2 rings (SSSR count). The number of nitriles is 1. The van der Waals surface area contributed by atoms with Gasteiger partial charge in [-0.1, -0.05) is 27.5 Å². The molecule has 0 unspecified atom stereocenters. The molecule has 0 aliphatic heterocycles. The number of halogens is 3. The normalized spacial score (nSPS) is 9.89. The third kappa shape index (κ3) is 2.78. The minimum absolute atomic E-state index is 0.0261. The van der Waals surface area contributed by atoms with Crippen LogP contribution in [0.25, 0.3) is 0 Å². The van der Waals surface area contributed by atoms with Crippen LogP contribution in [0.1, 0.15) is 5.56 Å². The Labute approximate surface area is 116 Å². The molecule has 0 radical (unpaired) electrons. The standard InChI is InChI=1S/C12H6BrClFN3/c13-8-1-2-11(7(3-8)5-16)18-12-10(15)4-9(14)6-17-12/h1-4,6H,(H,17,18). The molecule has 0 saturated carbocycles. The fourth-order valence-corrected chi connectivity index (χ4v) is 1.86. The summed E-state index contributed by atoms with van der Waals surface area (Å²) in [7, 11) is 0. The van der Waals surface area contributed by atoms with Gasteiger partial charge >= 0.3 is 0 Å². The fourth-order valence-electron chi connectivity index (χ4n) is 1.35. The number of hydrogen-bond acceptors (Lipinski definition) is 3. The molecule has 1 aromatic heterocycles. The highest BCUT2D eigenvalue weighted by atomic mass is 79.9. The second-order valence-electron chi connectivity index (χ2n) is 3.41. The lowest BCUT2D eigenvalue weighted by Gasteiger charge is -2.08. The topological polar surface area (TPSA) is 48.7 Å². The second-order valence-corrected chi connectivity index (χ2v) is 4.76. The number of pyridine rings is 1.